The molecular weight excluding hydrogens is 168 g/mol. The van der Waals surface area contributed by atoms with E-state index in [0.29, 0.717) is 0 Å². The summed E-state index contributed by atoms with van der Waals surface area (Å²) in [6.45, 7) is 8.49. The van der Waals surface area contributed by atoms with Crippen molar-refractivity contribution < 1.29 is 0 Å². The van der Waals surface area contributed by atoms with Crippen LogP contribution in [0.3, 0.4) is 0 Å². The Labute approximate surface area is 87.0 Å². The fraction of sp³-hybridized carbons (Fsp3) is 0.286. The van der Waals surface area contributed by atoms with Gasteiger partial charge in [0, 0.05) is 0 Å². The van der Waals surface area contributed by atoms with Crippen molar-refractivity contribution in [3.63, 3.8) is 0 Å². The van der Waals surface area contributed by atoms with E-state index in [1.54, 1.807) is 0 Å². The molecule has 1 rings (SSSR count). The minimum absolute atomic E-state index is 1.31. The molecule has 0 heteroatoms. The molecule has 0 spiro atoms. The van der Waals surface area contributed by atoms with Crippen LogP contribution in [0.4, 0.5) is 0 Å². The van der Waals surface area contributed by atoms with Crippen molar-refractivity contribution in [2.24, 2.45) is 0 Å². The van der Waals surface area contributed by atoms with E-state index in [4.69, 9.17) is 0 Å². The lowest BCUT2D eigenvalue weighted by molar-refractivity contribution is 1.39. The highest BCUT2D eigenvalue weighted by Crippen LogP contribution is 2.15. The van der Waals surface area contributed by atoms with Crippen LogP contribution in [0.15, 0.2) is 42.0 Å². The van der Waals surface area contributed by atoms with Gasteiger partial charge in [-0.05, 0) is 38.8 Å². The van der Waals surface area contributed by atoms with Crippen molar-refractivity contribution in [1.82, 2.24) is 0 Å². The van der Waals surface area contributed by atoms with Crippen LogP contribution in [-0.2, 0) is 0 Å². The van der Waals surface area contributed by atoms with E-state index < -0.39 is 0 Å². The summed E-state index contributed by atoms with van der Waals surface area (Å²) in [7, 11) is 0. The Hall–Kier alpha value is -1.30. The van der Waals surface area contributed by atoms with Crippen LogP contribution in [0.2, 0.25) is 0 Å². The van der Waals surface area contributed by atoms with E-state index in [2.05, 4.69) is 64.1 Å². The first-order chi connectivity index (χ1) is 6.59. The smallest absolute Gasteiger partial charge is 0.0225 e. The number of rotatable bonds is 2. The fourth-order valence-corrected chi connectivity index (χ4v) is 1.28. The third-order valence-corrected chi connectivity index (χ3v) is 2.14. The van der Waals surface area contributed by atoms with E-state index in [9.17, 15) is 0 Å². The van der Waals surface area contributed by atoms with Crippen LogP contribution < -0.4 is 0 Å². The highest BCUT2D eigenvalue weighted by molar-refractivity contribution is 5.65. The van der Waals surface area contributed by atoms with E-state index >= 15 is 0 Å². The molecule has 0 heterocycles. The molecule has 1 aromatic carbocycles. The van der Waals surface area contributed by atoms with Crippen molar-refractivity contribution in [2.75, 3.05) is 0 Å². The third-order valence-electron chi connectivity index (χ3n) is 2.14. The molecule has 0 N–H and O–H groups in total. The summed E-state index contributed by atoms with van der Waals surface area (Å²) in [5, 5.41) is 0. The van der Waals surface area contributed by atoms with Gasteiger partial charge in [-0.2, -0.15) is 0 Å². The summed E-state index contributed by atoms with van der Waals surface area (Å²) >= 11 is 0. The molecule has 0 atom stereocenters. The maximum Gasteiger partial charge on any atom is -0.0225 e. The first kappa shape index (κ1) is 10.8. The number of aryl methyl sites for hydroxylation is 1. The van der Waals surface area contributed by atoms with Gasteiger partial charge in [0.25, 0.3) is 0 Å². The van der Waals surface area contributed by atoms with Crippen LogP contribution in [0.5, 0.6) is 0 Å². The van der Waals surface area contributed by atoms with Gasteiger partial charge < -0.3 is 0 Å². The number of benzene rings is 1. The van der Waals surface area contributed by atoms with E-state index in [1.807, 2.05) is 0 Å². The second kappa shape index (κ2) is 4.80. The van der Waals surface area contributed by atoms with Crippen LogP contribution in [0.25, 0.3) is 5.57 Å². The van der Waals surface area contributed by atoms with Gasteiger partial charge in [-0.15, -0.1) is 0 Å². The zero-order valence-electron chi connectivity index (χ0n) is 9.46. The van der Waals surface area contributed by atoms with Crippen LogP contribution in [0, 0.1) is 6.92 Å². The Morgan fingerprint density at radius 1 is 1.07 bits per heavy atom. The summed E-state index contributed by atoms with van der Waals surface area (Å²) in [5.41, 5.74) is 5.27. The molecule has 14 heavy (non-hydrogen) atoms. The lowest BCUT2D eigenvalue weighted by atomic mass is 10.0. The molecule has 0 fully saturated rings. The number of hydrogen-bond acceptors (Lipinski definition) is 0. The molecule has 0 nitrogen and oxygen atoms in total. The predicted molar refractivity (Wildman–Crippen MR) is 64.3 cm³/mol. The molecule has 0 amide bonds. The topological polar surface area (TPSA) is 0 Å². The molecule has 0 unspecified atom stereocenters. The molecule has 0 aliphatic carbocycles. The summed E-state index contributed by atoms with van der Waals surface area (Å²) in [4.78, 5) is 0. The molecule has 74 valence electrons. The first-order valence-electron chi connectivity index (χ1n) is 4.98. The largest absolute Gasteiger partial charge is 0.0764 e. The molecule has 0 radical (unpaired) electrons. The van der Waals surface area contributed by atoms with Crippen molar-refractivity contribution in [3.05, 3.63) is 53.1 Å². The molecule has 0 aromatic heterocycles. The second-order valence-electron chi connectivity index (χ2n) is 3.96. The average molecular weight is 186 g/mol. The van der Waals surface area contributed by atoms with Gasteiger partial charge in [0.1, 0.15) is 0 Å². The molecule has 0 saturated heterocycles. The Morgan fingerprint density at radius 3 is 2.36 bits per heavy atom. The normalized spacial score (nSPS) is 11.3. The minimum atomic E-state index is 1.31. The van der Waals surface area contributed by atoms with Crippen LogP contribution in [0.1, 0.15) is 31.9 Å². The van der Waals surface area contributed by atoms with Gasteiger partial charge >= 0.3 is 0 Å². The summed E-state index contributed by atoms with van der Waals surface area (Å²) in [5.74, 6) is 0. The maximum atomic E-state index is 2.21. The van der Waals surface area contributed by atoms with Crippen LogP contribution in [-0.4, -0.2) is 0 Å². The molecular formula is C14H18. The minimum Gasteiger partial charge on any atom is -0.0764 e. The predicted octanol–water partition coefficient (Wildman–Crippen LogP) is 4.36. The van der Waals surface area contributed by atoms with Crippen molar-refractivity contribution in [2.45, 2.75) is 27.7 Å². The Kier molecular flexibility index (Phi) is 3.70. The zero-order valence-corrected chi connectivity index (χ0v) is 9.46. The van der Waals surface area contributed by atoms with Gasteiger partial charge in [0.2, 0.25) is 0 Å². The third kappa shape index (κ3) is 3.21. The van der Waals surface area contributed by atoms with Gasteiger partial charge in [0.15, 0.2) is 0 Å². The van der Waals surface area contributed by atoms with E-state index in [-0.39, 0.29) is 0 Å². The van der Waals surface area contributed by atoms with E-state index in [0.717, 1.165) is 0 Å². The van der Waals surface area contributed by atoms with Crippen molar-refractivity contribution in [1.29, 1.82) is 0 Å². The quantitative estimate of drug-likeness (QED) is 0.602. The summed E-state index contributed by atoms with van der Waals surface area (Å²) in [6.07, 6.45) is 4.32. The highest BCUT2D eigenvalue weighted by Gasteiger charge is 1.93. The van der Waals surface area contributed by atoms with Crippen molar-refractivity contribution >= 4 is 5.57 Å². The summed E-state index contributed by atoms with van der Waals surface area (Å²) < 4.78 is 0. The standard InChI is InChI=1S/C14H18/c1-11(2)8-9-13(4)14-7-5-6-12(3)10-14/h5-10H,1-4H3/b13-9+. The summed E-state index contributed by atoms with van der Waals surface area (Å²) in [6, 6.07) is 8.59. The lowest BCUT2D eigenvalue weighted by Crippen LogP contribution is -1.80. The zero-order chi connectivity index (χ0) is 10.6. The lowest BCUT2D eigenvalue weighted by Gasteiger charge is -2.01. The maximum absolute atomic E-state index is 2.21. The Balaban J connectivity index is 2.95. The van der Waals surface area contributed by atoms with Gasteiger partial charge in [0.05, 0.1) is 0 Å². The van der Waals surface area contributed by atoms with E-state index in [1.165, 1.54) is 22.3 Å². The molecule has 0 aliphatic rings. The van der Waals surface area contributed by atoms with Crippen LogP contribution >= 0.6 is 0 Å². The van der Waals surface area contributed by atoms with Gasteiger partial charge in [-0.25, -0.2) is 0 Å². The number of hydrogen-bond donors (Lipinski definition) is 0. The van der Waals surface area contributed by atoms with Gasteiger partial charge in [-0.3, -0.25) is 0 Å². The molecule has 0 aliphatic heterocycles. The average Bonchev–Trinajstić information content (AvgIpc) is 2.14. The molecule has 0 saturated carbocycles. The Morgan fingerprint density at radius 2 is 1.79 bits per heavy atom. The molecule has 1 aromatic rings. The fourth-order valence-electron chi connectivity index (χ4n) is 1.28. The van der Waals surface area contributed by atoms with Gasteiger partial charge in [-0.1, -0.05) is 47.6 Å². The first-order valence-corrected chi connectivity index (χ1v) is 4.98. The highest BCUT2D eigenvalue weighted by atomic mass is 14.0. The number of allylic oxidation sites excluding steroid dienone is 4. The SMILES string of the molecule is CC(C)=C/C=C(\C)c1cccc(C)c1. The monoisotopic (exact) mass is 186 g/mol. The van der Waals surface area contributed by atoms with Crippen molar-refractivity contribution in [3.8, 4) is 0 Å². The second-order valence-corrected chi connectivity index (χ2v) is 3.96. The molecule has 0 bridgehead atoms. The Bertz CT molecular complexity index is 363.